The molecule has 7 heteroatoms. The van der Waals surface area contributed by atoms with E-state index < -0.39 is 24.7 Å². The Hall–Kier alpha value is -3.45. The van der Waals surface area contributed by atoms with Crippen LogP contribution >= 0.6 is 15.9 Å². The molecule has 0 saturated carbocycles. The van der Waals surface area contributed by atoms with E-state index in [0.717, 1.165) is 10.0 Å². The van der Waals surface area contributed by atoms with E-state index in [1.165, 1.54) is 0 Å². The molecule has 0 aliphatic rings. The van der Waals surface area contributed by atoms with Gasteiger partial charge >= 0.3 is 12.1 Å². The van der Waals surface area contributed by atoms with Crippen LogP contribution < -0.4 is 10.1 Å². The van der Waals surface area contributed by atoms with Crippen LogP contribution in [0.25, 0.3) is 0 Å². The minimum absolute atomic E-state index is 0.191. The molecule has 158 valence electrons. The van der Waals surface area contributed by atoms with Gasteiger partial charge in [-0.05, 0) is 29.8 Å². The summed E-state index contributed by atoms with van der Waals surface area (Å²) in [6.07, 6.45) is -0.598. The minimum Gasteiger partial charge on any atom is -0.456 e. The Labute approximate surface area is 188 Å². The maximum Gasteiger partial charge on any atom is 0.413 e. The van der Waals surface area contributed by atoms with E-state index in [-0.39, 0.29) is 12.2 Å². The third kappa shape index (κ3) is 7.08. The predicted molar refractivity (Wildman–Crippen MR) is 119 cm³/mol. The molecule has 0 spiro atoms. The van der Waals surface area contributed by atoms with Crippen LogP contribution in [0, 0.1) is 0 Å². The Morgan fingerprint density at radius 2 is 1.45 bits per heavy atom. The fraction of sp³-hybridized carbons (Fsp3) is 0.125. The number of benzene rings is 3. The van der Waals surface area contributed by atoms with E-state index in [1.807, 2.05) is 30.3 Å². The molecular weight excluding hydrogens is 462 g/mol. The fourth-order valence-corrected chi connectivity index (χ4v) is 3.03. The van der Waals surface area contributed by atoms with E-state index in [2.05, 4.69) is 21.2 Å². The zero-order chi connectivity index (χ0) is 22.1. The first-order valence-electron chi connectivity index (χ1n) is 9.54. The zero-order valence-corrected chi connectivity index (χ0v) is 18.1. The van der Waals surface area contributed by atoms with Crippen LogP contribution in [-0.4, -0.2) is 30.5 Å². The molecule has 3 rings (SSSR count). The van der Waals surface area contributed by atoms with Gasteiger partial charge in [-0.3, -0.25) is 4.79 Å². The van der Waals surface area contributed by atoms with Gasteiger partial charge in [-0.25, -0.2) is 9.59 Å². The van der Waals surface area contributed by atoms with Crippen molar-refractivity contribution in [2.45, 2.75) is 12.5 Å². The standard InChI is InChI=1S/C24H20BrNO5/c25-19-13-11-18(12-14-19)22(27)16-30-23(28)21(15-17-7-3-1-4-8-17)26-24(29)31-20-9-5-2-6-10-20/h1-14,21H,15-16H2,(H,26,29)/t21-/m0/s1. The van der Waals surface area contributed by atoms with Gasteiger partial charge in [-0.2, -0.15) is 0 Å². The molecule has 0 aliphatic heterocycles. The maximum absolute atomic E-state index is 12.7. The van der Waals surface area contributed by atoms with E-state index >= 15 is 0 Å². The average Bonchev–Trinajstić information content (AvgIpc) is 2.78. The summed E-state index contributed by atoms with van der Waals surface area (Å²) in [5.74, 6) is -0.720. The second-order valence-corrected chi connectivity index (χ2v) is 7.54. The second kappa shape index (κ2) is 11.1. The van der Waals surface area contributed by atoms with Crippen molar-refractivity contribution in [2.24, 2.45) is 0 Å². The number of hydrogen-bond acceptors (Lipinski definition) is 5. The molecule has 1 amide bonds. The summed E-state index contributed by atoms with van der Waals surface area (Å²) in [6, 6.07) is 23.4. The van der Waals surface area contributed by atoms with Gasteiger partial charge < -0.3 is 14.8 Å². The molecule has 3 aromatic rings. The molecule has 0 aromatic heterocycles. The molecule has 0 radical (unpaired) electrons. The van der Waals surface area contributed by atoms with Crippen molar-refractivity contribution in [3.63, 3.8) is 0 Å². The van der Waals surface area contributed by atoms with Gasteiger partial charge in [0.1, 0.15) is 11.8 Å². The van der Waals surface area contributed by atoms with E-state index in [0.29, 0.717) is 11.3 Å². The monoisotopic (exact) mass is 481 g/mol. The van der Waals surface area contributed by atoms with Gasteiger partial charge in [0.05, 0.1) is 0 Å². The molecule has 0 unspecified atom stereocenters. The predicted octanol–water partition coefficient (Wildman–Crippen LogP) is 4.57. The average molecular weight is 482 g/mol. The number of ketones is 1. The topological polar surface area (TPSA) is 81.7 Å². The molecular formula is C24H20BrNO5. The van der Waals surface area contributed by atoms with Crippen LogP contribution in [0.4, 0.5) is 4.79 Å². The van der Waals surface area contributed by atoms with Crippen molar-refractivity contribution in [1.82, 2.24) is 5.32 Å². The first-order valence-corrected chi connectivity index (χ1v) is 10.3. The number of nitrogens with one attached hydrogen (secondary N) is 1. The first kappa shape index (κ1) is 22.2. The summed E-state index contributed by atoms with van der Waals surface area (Å²) in [5.41, 5.74) is 1.25. The number of Topliss-reactive ketones (excluding diaryl/α,β-unsaturated/α-hetero) is 1. The molecule has 1 N–H and O–H groups in total. The van der Waals surface area contributed by atoms with Crippen LogP contribution in [0.2, 0.25) is 0 Å². The van der Waals surface area contributed by atoms with E-state index in [4.69, 9.17) is 9.47 Å². The lowest BCUT2D eigenvalue weighted by molar-refractivity contribution is -0.144. The molecule has 0 heterocycles. The van der Waals surface area contributed by atoms with Gasteiger partial charge in [0.15, 0.2) is 12.4 Å². The summed E-state index contributed by atoms with van der Waals surface area (Å²) < 4.78 is 11.3. The van der Waals surface area contributed by atoms with Gasteiger partial charge in [0.25, 0.3) is 0 Å². The molecule has 31 heavy (non-hydrogen) atoms. The highest BCUT2D eigenvalue weighted by Crippen LogP contribution is 2.12. The van der Waals surface area contributed by atoms with Gasteiger partial charge in [-0.15, -0.1) is 0 Å². The smallest absolute Gasteiger partial charge is 0.413 e. The van der Waals surface area contributed by atoms with Crippen molar-refractivity contribution >= 4 is 33.8 Å². The summed E-state index contributed by atoms with van der Waals surface area (Å²) in [5, 5.41) is 2.53. The number of amides is 1. The summed E-state index contributed by atoms with van der Waals surface area (Å²) in [4.78, 5) is 37.3. The summed E-state index contributed by atoms with van der Waals surface area (Å²) >= 11 is 3.31. The third-order valence-electron chi connectivity index (χ3n) is 4.32. The van der Waals surface area contributed by atoms with Crippen molar-refractivity contribution in [3.8, 4) is 5.75 Å². The molecule has 1 atom stereocenters. The number of rotatable bonds is 8. The lowest BCUT2D eigenvalue weighted by Gasteiger charge is -2.17. The van der Waals surface area contributed by atoms with Gasteiger partial charge in [0.2, 0.25) is 0 Å². The quantitative estimate of drug-likeness (QED) is 0.376. The number of esters is 1. The molecule has 6 nitrogen and oxygen atoms in total. The third-order valence-corrected chi connectivity index (χ3v) is 4.85. The number of ether oxygens (including phenoxy) is 2. The van der Waals surface area contributed by atoms with Crippen LogP contribution in [0.1, 0.15) is 15.9 Å². The fourth-order valence-electron chi connectivity index (χ4n) is 2.77. The number of hydrogen-bond donors (Lipinski definition) is 1. The Morgan fingerprint density at radius 1 is 0.839 bits per heavy atom. The van der Waals surface area contributed by atoms with Crippen LogP contribution in [0.15, 0.2) is 89.4 Å². The lowest BCUT2D eigenvalue weighted by atomic mass is 10.1. The van der Waals surface area contributed by atoms with Crippen LogP contribution in [0.3, 0.4) is 0 Å². The SMILES string of the molecule is O=C(N[C@@H](Cc1ccccc1)C(=O)OCC(=O)c1ccc(Br)cc1)Oc1ccccc1. The molecule has 0 saturated heterocycles. The highest BCUT2D eigenvalue weighted by molar-refractivity contribution is 9.10. The normalized spacial score (nSPS) is 11.3. The maximum atomic E-state index is 12.7. The van der Waals surface area contributed by atoms with E-state index in [9.17, 15) is 14.4 Å². The lowest BCUT2D eigenvalue weighted by Crippen LogP contribution is -2.45. The molecule has 3 aromatic carbocycles. The summed E-state index contributed by atoms with van der Waals surface area (Å²) in [6.45, 7) is -0.429. The zero-order valence-electron chi connectivity index (χ0n) is 16.5. The van der Waals surface area contributed by atoms with Crippen molar-refractivity contribution in [1.29, 1.82) is 0 Å². The highest BCUT2D eigenvalue weighted by atomic mass is 79.9. The number of carbonyl (C=O) groups excluding carboxylic acids is 3. The van der Waals surface area contributed by atoms with Crippen molar-refractivity contribution in [3.05, 3.63) is 101 Å². The van der Waals surface area contributed by atoms with Crippen molar-refractivity contribution in [2.75, 3.05) is 6.61 Å². The van der Waals surface area contributed by atoms with Crippen LogP contribution in [-0.2, 0) is 16.0 Å². The number of halogens is 1. The molecule has 0 bridgehead atoms. The highest BCUT2D eigenvalue weighted by Gasteiger charge is 2.25. The minimum atomic E-state index is -1.02. The molecule has 0 aliphatic carbocycles. The van der Waals surface area contributed by atoms with Gasteiger partial charge in [0, 0.05) is 16.5 Å². The second-order valence-electron chi connectivity index (χ2n) is 6.63. The number of para-hydroxylation sites is 1. The Balaban J connectivity index is 1.64. The van der Waals surface area contributed by atoms with Gasteiger partial charge in [-0.1, -0.05) is 76.6 Å². The van der Waals surface area contributed by atoms with Crippen molar-refractivity contribution < 1.29 is 23.9 Å². The first-order chi connectivity index (χ1) is 15.0. The Bertz CT molecular complexity index is 1020. The Kier molecular flexibility index (Phi) is 7.95. The molecule has 0 fully saturated rings. The van der Waals surface area contributed by atoms with E-state index in [1.54, 1.807) is 54.6 Å². The number of carbonyl (C=O) groups is 3. The Morgan fingerprint density at radius 3 is 2.10 bits per heavy atom. The van der Waals surface area contributed by atoms with Crippen LogP contribution in [0.5, 0.6) is 5.75 Å². The summed E-state index contributed by atoms with van der Waals surface area (Å²) in [7, 11) is 0. The largest absolute Gasteiger partial charge is 0.456 e.